The van der Waals surface area contributed by atoms with Crippen molar-refractivity contribution in [2.75, 3.05) is 5.75 Å². The predicted octanol–water partition coefficient (Wildman–Crippen LogP) is -1.35. The van der Waals surface area contributed by atoms with E-state index in [0.29, 0.717) is 5.75 Å². The van der Waals surface area contributed by atoms with Crippen molar-refractivity contribution in [2.45, 2.75) is 0 Å². The van der Waals surface area contributed by atoms with Crippen LogP contribution in [0.15, 0.2) is 4.40 Å². The molecule has 0 fully saturated rings. The molecule has 0 atom stereocenters. The maximum atomic E-state index is 10.1. The van der Waals surface area contributed by atoms with Gasteiger partial charge in [0.15, 0.2) is 17.7 Å². The number of nitrogens with two attached hydrogens (primary N) is 2. The van der Waals surface area contributed by atoms with Crippen molar-refractivity contribution in [1.29, 1.82) is 10.8 Å². The fourth-order valence-electron chi connectivity index (χ4n) is 0.379. The van der Waals surface area contributed by atoms with E-state index in [1.807, 2.05) is 5.32 Å². The number of Topliss-reactive ketones (excluding diaryl/α,β-unsaturated/α-hetero) is 1. The molecule has 0 bridgehead atoms. The average molecular weight is 202 g/mol. The lowest BCUT2D eigenvalue weighted by atomic mass is 10.5. The summed E-state index contributed by atoms with van der Waals surface area (Å²) in [6, 6.07) is 0. The molecule has 0 aromatic carbocycles. The predicted molar refractivity (Wildman–Crippen MR) is 52.9 cm³/mol. The minimum absolute atomic E-state index is 0.125. The zero-order valence-corrected chi connectivity index (χ0v) is 7.52. The van der Waals surface area contributed by atoms with Crippen molar-refractivity contribution >= 4 is 35.9 Å². The van der Waals surface area contributed by atoms with E-state index in [4.69, 9.17) is 22.3 Å². The van der Waals surface area contributed by atoms with Gasteiger partial charge in [0.05, 0.1) is 12.0 Å². The molecule has 0 aromatic heterocycles. The second kappa shape index (κ2) is 6.00. The standard InChI is InChI=1S/C3H3NOS.C2H7N5/c5-3-1-4-6-2-3;3-1(4)7-2(5)6/h1H,2H2;(H7,3,4,5,6,7). The van der Waals surface area contributed by atoms with Gasteiger partial charge < -0.3 is 11.5 Å². The lowest BCUT2D eigenvalue weighted by Crippen LogP contribution is -2.39. The molecule has 72 valence electrons. The number of carbonyl (C=O) groups is 1. The van der Waals surface area contributed by atoms with Crippen molar-refractivity contribution in [3.8, 4) is 0 Å². The van der Waals surface area contributed by atoms with E-state index in [2.05, 4.69) is 4.40 Å². The molecule has 1 rings (SSSR count). The second-order valence-electron chi connectivity index (χ2n) is 1.93. The van der Waals surface area contributed by atoms with Crippen LogP contribution in [0, 0.1) is 10.8 Å². The van der Waals surface area contributed by atoms with Gasteiger partial charge in [-0.2, -0.15) is 0 Å². The number of guanidine groups is 2. The van der Waals surface area contributed by atoms with E-state index in [9.17, 15) is 4.79 Å². The first kappa shape index (κ1) is 11.4. The van der Waals surface area contributed by atoms with Crippen LogP contribution in [0.5, 0.6) is 0 Å². The Bertz CT molecular complexity index is 237. The highest BCUT2D eigenvalue weighted by atomic mass is 32.2. The molecule has 1 aliphatic rings. The fraction of sp³-hybridized carbons (Fsp3) is 0.200. The van der Waals surface area contributed by atoms with Gasteiger partial charge in [-0.3, -0.25) is 20.9 Å². The number of hydrogen-bond acceptors (Lipinski definition) is 5. The molecule has 0 spiro atoms. The summed E-state index contributed by atoms with van der Waals surface area (Å²) in [7, 11) is 0. The number of rotatable bonds is 0. The fourth-order valence-corrected chi connectivity index (χ4v) is 0.848. The normalized spacial score (nSPS) is 13.1. The van der Waals surface area contributed by atoms with E-state index < -0.39 is 0 Å². The Morgan fingerprint density at radius 1 is 1.54 bits per heavy atom. The summed E-state index contributed by atoms with van der Waals surface area (Å²) in [4.78, 5) is 10.1. The van der Waals surface area contributed by atoms with Gasteiger partial charge >= 0.3 is 0 Å². The van der Waals surface area contributed by atoms with Crippen LogP contribution in [0.25, 0.3) is 0 Å². The van der Waals surface area contributed by atoms with Gasteiger partial charge in [-0.1, -0.05) is 0 Å². The third-order valence-corrected chi connectivity index (χ3v) is 1.42. The first-order valence-electron chi connectivity index (χ1n) is 3.15. The zero-order valence-electron chi connectivity index (χ0n) is 6.70. The summed E-state index contributed by atoms with van der Waals surface area (Å²) in [6.45, 7) is 0. The summed E-state index contributed by atoms with van der Waals surface area (Å²) < 4.78 is 3.61. The number of hydrogen-bond donors (Lipinski definition) is 5. The molecular formula is C5H10N6OS. The lowest BCUT2D eigenvalue weighted by molar-refractivity contribution is -0.110. The molecule has 0 saturated carbocycles. The highest BCUT2D eigenvalue weighted by Gasteiger charge is 2.01. The summed E-state index contributed by atoms with van der Waals surface area (Å²) in [6.07, 6.45) is 1.35. The van der Waals surface area contributed by atoms with Gasteiger partial charge in [0, 0.05) is 0 Å². The lowest BCUT2D eigenvalue weighted by Gasteiger charge is -1.95. The van der Waals surface area contributed by atoms with Gasteiger partial charge in [0.25, 0.3) is 0 Å². The molecule has 1 aliphatic heterocycles. The van der Waals surface area contributed by atoms with Crippen LogP contribution in [-0.2, 0) is 4.79 Å². The third kappa shape index (κ3) is 8.34. The Morgan fingerprint density at radius 3 is 2.15 bits per heavy atom. The first-order chi connectivity index (χ1) is 6.02. The summed E-state index contributed by atoms with van der Waals surface area (Å²) >= 11 is 1.30. The van der Waals surface area contributed by atoms with E-state index in [1.165, 1.54) is 18.2 Å². The number of ketones is 1. The topological polar surface area (TPSA) is 141 Å². The van der Waals surface area contributed by atoms with E-state index >= 15 is 0 Å². The van der Waals surface area contributed by atoms with Crippen LogP contribution >= 0.6 is 11.9 Å². The second-order valence-corrected chi connectivity index (χ2v) is 2.68. The van der Waals surface area contributed by atoms with Crippen LogP contribution in [0.1, 0.15) is 0 Å². The van der Waals surface area contributed by atoms with Gasteiger partial charge in [0.2, 0.25) is 0 Å². The first-order valence-corrected chi connectivity index (χ1v) is 4.10. The average Bonchev–Trinajstić information content (AvgIpc) is 2.37. The smallest absolute Gasteiger partial charge is 0.192 e. The van der Waals surface area contributed by atoms with Gasteiger partial charge in [-0.15, -0.1) is 0 Å². The number of nitrogens with zero attached hydrogens (tertiary/aromatic N) is 1. The van der Waals surface area contributed by atoms with Gasteiger partial charge in [0.1, 0.15) is 0 Å². The SMILES string of the molecule is N=C(N)NC(=N)N.O=C1C=NSC1. The summed E-state index contributed by atoms with van der Waals surface area (Å²) in [5.74, 6) is 0.0417. The van der Waals surface area contributed by atoms with Crippen molar-refractivity contribution in [2.24, 2.45) is 15.9 Å². The largest absolute Gasteiger partial charge is 0.370 e. The highest BCUT2D eigenvalue weighted by molar-refractivity contribution is 7.99. The van der Waals surface area contributed by atoms with Crippen LogP contribution in [-0.4, -0.2) is 29.7 Å². The Balaban J connectivity index is 0.000000223. The molecule has 0 radical (unpaired) electrons. The Kier molecular flexibility index (Phi) is 5.28. The van der Waals surface area contributed by atoms with E-state index in [0.717, 1.165) is 0 Å². The van der Waals surface area contributed by atoms with E-state index in [-0.39, 0.29) is 17.7 Å². The summed E-state index contributed by atoms with van der Waals surface area (Å²) in [5, 5.41) is 15.0. The molecule has 0 amide bonds. The Hall–Kier alpha value is -1.57. The highest BCUT2D eigenvalue weighted by Crippen LogP contribution is 2.05. The molecule has 8 heteroatoms. The number of carbonyl (C=O) groups excluding carboxylic acids is 1. The molecule has 0 aliphatic carbocycles. The summed E-state index contributed by atoms with van der Waals surface area (Å²) in [5.41, 5.74) is 9.49. The van der Waals surface area contributed by atoms with Crippen molar-refractivity contribution in [1.82, 2.24) is 5.32 Å². The van der Waals surface area contributed by atoms with Gasteiger partial charge in [-0.25, -0.2) is 4.40 Å². The van der Waals surface area contributed by atoms with Crippen molar-refractivity contribution < 1.29 is 4.79 Å². The van der Waals surface area contributed by atoms with E-state index in [1.54, 1.807) is 0 Å². The molecule has 1 heterocycles. The maximum Gasteiger partial charge on any atom is 0.192 e. The Labute approximate surface area is 79.1 Å². The molecule has 13 heavy (non-hydrogen) atoms. The molecule has 0 saturated heterocycles. The minimum atomic E-state index is -0.312. The van der Waals surface area contributed by atoms with Crippen molar-refractivity contribution in [3.05, 3.63) is 0 Å². The van der Waals surface area contributed by atoms with Gasteiger partial charge in [-0.05, 0) is 11.9 Å². The van der Waals surface area contributed by atoms with Crippen molar-refractivity contribution in [3.63, 3.8) is 0 Å². The van der Waals surface area contributed by atoms with Crippen LogP contribution in [0.4, 0.5) is 0 Å². The van der Waals surface area contributed by atoms with Crippen LogP contribution in [0.3, 0.4) is 0 Å². The zero-order chi connectivity index (χ0) is 10.3. The Morgan fingerprint density at radius 2 is 2.08 bits per heavy atom. The van der Waals surface area contributed by atoms with Crippen LogP contribution < -0.4 is 16.8 Å². The molecule has 0 aromatic rings. The minimum Gasteiger partial charge on any atom is -0.370 e. The quantitative estimate of drug-likeness (QED) is 0.187. The maximum absolute atomic E-state index is 10.1. The monoisotopic (exact) mass is 202 g/mol. The molecule has 7 nitrogen and oxygen atoms in total. The number of nitrogens with one attached hydrogen (secondary N) is 3. The molecule has 0 unspecified atom stereocenters. The third-order valence-electron chi connectivity index (χ3n) is 0.747. The molecule has 7 N–H and O–H groups in total. The van der Waals surface area contributed by atoms with Crippen LogP contribution in [0.2, 0.25) is 0 Å². The molecular weight excluding hydrogens is 192 g/mol.